The lowest BCUT2D eigenvalue weighted by Crippen LogP contribution is -2.43. The zero-order valence-electron chi connectivity index (χ0n) is 12.3. The number of likely N-dealkylation sites (N-methyl/N-ethyl adjacent to an activating group) is 1. The van der Waals surface area contributed by atoms with E-state index in [0.29, 0.717) is 13.1 Å². The molecule has 1 aliphatic heterocycles. The van der Waals surface area contributed by atoms with Gasteiger partial charge in [0.05, 0.1) is 0 Å². The van der Waals surface area contributed by atoms with Crippen LogP contribution in [0.3, 0.4) is 0 Å². The van der Waals surface area contributed by atoms with Crippen molar-refractivity contribution in [3.63, 3.8) is 0 Å². The molecule has 2 N–H and O–H groups in total. The number of nitrogens with one attached hydrogen (secondary N) is 1. The van der Waals surface area contributed by atoms with Gasteiger partial charge >= 0.3 is 12.0 Å². The van der Waals surface area contributed by atoms with E-state index in [1.54, 1.807) is 4.90 Å². The van der Waals surface area contributed by atoms with Crippen LogP contribution in [0, 0.1) is 0 Å². The molecular weight excluding hydrogens is 262 g/mol. The highest BCUT2D eigenvalue weighted by atomic mass is 16.4. The van der Waals surface area contributed by atoms with Gasteiger partial charge < -0.3 is 14.9 Å². The smallest absolute Gasteiger partial charge is 0.331 e. The second kappa shape index (κ2) is 6.51. The number of likely N-dealkylation sites (tertiary alicyclic amines) is 1. The number of carbonyl (C=O) groups excluding carboxylic acids is 2. The lowest BCUT2D eigenvalue weighted by Gasteiger charge is -2.20. The number of carboxylic acids is 1. The SMILES string of the molecule is CC(C(=O)O)=C(C)C(=O)NC(=O)N1CCC(N(C)C)C1. The Labute approximate surface area is 118 Å². The van der Waals surface area contributed by atoms with Gasteiger partial charge in [0.15, 0.2) is 0 Å². The van der Waals surface area contributed by atoms with Gasteiger partial charge in [-0.25, -0.2) is 9.59 Å². The van der Waals surface area contributed by atoms with Crippen molar-refractivity contribution in [2.24, 2.45) is 0 Å². The average Bonchev–Trinajstić information content (AvgIpc) is 2.86. The molecule has 1 unspecified atom stereocenters. The van der Waals surface area contributed by atoms with Crippen LogP contribution >= 0.6 is 0 Å². The Bertz CT molecular complexity index is 457. The Hall–Kier alpha value is -1.89. The number of amides is 3. The molecule has 7 nitrogen and oxygen atoms in total. The summed E-state index contributed by atoms with van der Waals surface area (Å²) >= 11 is 0. The number of aliphatic carboxylic acids is 1. The molecule has 1 heterocycles. The summed E-state index contributed by atoms with van der Waals surface area (Å²) in [6.45, 7) is 3.87. The number of urea groups is 1. The first-order valence-corrected chi connectivity index (χ1v) is 6.41. The standard InChI is InChI=1S/C13H21N3O4/c1-8(9(2)12(18)19)11(17)14-13(20)16-6-5-10(7-16)15(3)4/h10H,5-7H2,1-4H3,(H,18,19)(H,14,17,20). The van der Waals surface area contributed by atoms with E-state index in [2.05, 4.69) is 5.32 Å². The van der Waals surface area contributed by atoms with Crippen LogP contribution in [0.2, 0.25) is 0 Å². The van der Waals surface area contributed by atoms with Crippen molar-refractivity contribution in [3.05, 3.63) is 11.1 Å². The summed E-state index contributed by atoms with van der Waals surface area (Å²) in [6.07, 6.45) is 0.859. The van der Waals surface area contributed by atoms with Crippen molar-refractivity contribution in [1.82, 2.24) is 15.1 Å². The van der Waals surface area contributed by atoms with E-state index in [-0.39, 0.29) is 17.2 Å². The maximum atomic E-state index is 11.9. The Morgan fingerprint density at radius 3 is 2.25 bits per heavy atom. The number of rotatable bonds is 3. The molecule has 3 amide bonds. The molecule has 0 aliphatic carbocycles. The lowest BCUT2D eigenvalue weighted by atomic mass is 10.1. The van der Waals surface area contributed by atoms with Gasteiger partial charge in [0.1, 0.15) is 0 Å². The lowest BCUT2D eigenvalue weighted by molar-refractivity contribution is -0.133. The molecule has 1 aliphatic rings. The van der Waals surface area contributed by atoms with Gasteiger partial charge in [-0.3, -0.25) is 10.1 Å². The molecule has 20 heavy (non-hydrogen) atoms. The van der Waals surface area contributed by atoms with Crippen LogP contribution in [-0.4, -0.2) is 66.0 Å². The predicted molar refractivity (Wildman–Crippen MR) is 73.2 cm³/mol. The third kappa shape index (κ3) is 3.80. The molecule has 1 fully saturated rings. The summed E-state index contributed by atoms with van der Waals surface area (Å²) in [4.78, 5) is 38.1. The zero-order chi connectivity index (χ0) is 15.4. The van der Waals surface area contributed by atoms with Crippen molar-refractivity contribution in [2.75, 3.05) is 27.2 Å². The first-order chi connectivity index (χ1) is 9.23. The normalized spacial score (nSPS) is 19.9. The van der Waals surface area contributed by atoms with Gasteiger partial charge in [-0.1, -0.05) is 0 Å². The van der Waals surface area contributed by atoms with Gasteiger partial charge in [-0.15, -0.1) is 0 Å². The van der Waals surface area contributed by atoms with Crippen molar-refractivity contribution < 1.29 is 19.5 Å². The Kier molecular flexibility index (Phi) is 5.26. The molecule has 112 valence electrons. The highest BCUT2D eigenvalue weighted by molar-refractivity contribution is 6.07. The van der Waals surface area contributed by atoms with E-state index < -0.39 is 17.9 Å². The minimum atomic E-state index is -1.17. The summed E-state index contributed by atoms with van der Waals surface area (Å²) < 4.78 is 0. The van der Waals surface area contributed by atoms with Gasteiger partial charge in [0.2, 0.25) is 0 Å². The molecule has 0 aromatic carbocycles. The highest BCUT2D eigenvalue weighted by Gasteiger charge is 2.28. The van der Waals surface area contributed by atoms with E-state index in [1.807, 2.05) is 19.0 Å². The first-order valence-electron chi connectivity index (χ1n) is 6.41. The van der Waals surface area contributed by atoms with Crippen LogP contribution in [0.15, 0.2) is 11.1 Å². The second-order valence-corrected chi connectivity index (χ2v) is 5.17. The van der Waals surface area contributed by atoms with Gasteiger partial charge in [0.25, 0.3) is 5.91 Å². The van der Waals surface area contributed by atoms with E-state index >= 15 is 0 Å². The Morgan fingerprint density at radius 1 is 1.20 bits per heavy atom. The fourth-order valence-corrected chi connectivity index (χ4v) is 1.95. The molecule has 1 atom stereocenters. The molecule has 0 aromatic heterocycles. The van der Waals surface area contributed by atoms with E-state index in [9.17, 15) is 14.4 Å². The fourth-order valence-electron chi connectivity index (χ4n) is 1.95. The number of hydrogen-bond acceptors (Lipinski definition) is 4. The third-order valence-electron chi connectivity index (χ3n) is 3.63. The van der Waals surface area contributed by atoms with Crippen molar-refractivity contribution >= 4 is 17.9 Å². The Morgan fingerprint density at radius 2 is 1.80 bits per heavy atom. The van der Waals surface area contributed by atoms with Crippen LogP contribution in [0.4, 0.5) is 4.79 Å². The highest BCUT2D eigenvalue weighted by Crippen LogP contribution is 2.13. The number of imide groups is 1. The van der Waals surface area contributed by atoms with Gasteiger partial charge in [-0.05, 0) is 34.4 Å². The second-order valence-electron chi connectivity index (χ2n) is 5.17. The van der Waals surface area contributed by atoms with Gasteiger partial charge in [-0.2, -0.15) is 0 Å². The Balaban J connectivity index is 2.62. The molecule has 0 bridgehead atoms. The maximum Gasteiger partial charge on any atom is 0.331 e. The summed E-state index contributed by atoms with van der Waals surface area (Å²) in [7, 11) is 3.89. The van der Waals surface area contributed by atoms with Crippen LogP contribution in [0.1, 0.15) is 20.3 Å². The molecule has 0 radical (unpaired) electrons. The summed E-state index contributed by atoms with van der Waals surface area (Å²) in [5.74, 6) is -1.83. The molecule has 1 saturated heterocycles. The van der Waals surface area contributed by atoms with E-state index in [1.165, 1.54) is 13.8 Å². The minimum absolute atomic E-state index is 0.0363. The quantitative estimate of drug-likeness (QED) is 0.726. The average molecular weight is 283 g/mol. The molecule has 0 aromatic rings. The largest absolute Gasteiger partial charge is 0.478 e. The number of carbonyl (C=O) groups is 3. The molecule has 7 heteroatoms. The zero-order valence-corrected chi connectivity index (χ0v) is 12.3. The van der Waals surface area contributed by atoms with Crippen LogP contribution in [-0.2, 0) is 9.59 Å². The number of carboxylic acid groups (broad SMARTS) is 1. The molecule has 0 saturated carbocycles. The number of nitrogens with zero attached hydrogens (tertiary/aromatic N) is 2. The number of hydrogen-bond donors (Lipinski definition) is 2. The molecule has 0 spiro atoms. The van der Waals surface area contributed by atoms with Gasteiger partial charge in [0, 0.05) is 30.3 Å². The van der Waals surface area contributed by atoms with Crippen LogP contribution in [0.5, 0.6) is 0 Å². The first kappa shape index (κ1) is 16.2. The molecular formula is C13H21N3O4. The fraction of sp³-hybridized carbons (Fsp3) is 0.615. The van der Waals surface area contributed by atoms with Crippen molar-refractivity contribution in [1.29, 1.82) is 0 Å². The molecule has 1 rings (SSSR count). The topological polar surface area (TPSA) is 89.9 Å². The minimum Gasteiger partial charge on any atom is -0.478 e. The van der Waals surface area contributed by atoms with Crippen molar-refractivity contribution in [2.45, 2.75) is 26.3 Å². The van der Waals surface area contributed by atoms with Crippen LogP contribution < -0.4 is 5.32 Å². The maximum absolute atomic E-state index is 11.9. The van der Waals surface area contributed by atoms with E-state index in [4.69, 9.17) is 5.11 Å². The third-order valence-corrected chi connectivity index (χ3v) is 3.63. The summed E-state index contributed by atoms with van der Waals surface area (Å²) in [5, 5.41) is 11.0. The summed E-state index contributed by atoms with van der Waals surface area (Å²) in [6, 6.07) is -0.190. The summed E-state index contributed by atoms with van der Waals surface area (Å²) in [5.41, 5.74) is -0.0305. The van der Waals surface area contributed by atoms with Crippen molar-refractivity contribution in [3.8, 4) is 0 Å². The van der Waals surface area contributed by atoms with E-state index in [0.717, 1.165) is 6.42 Å². The predicted octanol–water partition coefficient (Wildman–Crippen LogP) is 0.280. The monoisotopic (exact) mass is 283 g/mol. The van der Waals surface area contributed by atoms with Crippen LogP contribution in [0.25, 0.3) is 0 Å².